The van der Waals surface area contributed by atoms with E-state index < -0.39 is 31.8 Å². The van der Waals surface area contributed by atoms with Crippen molar-refractivity contribution in [3.8, 4) is 0 Å². The van der Waals surface area contributed by atoms with Crippen LogP contribution in [-0.2, 0) is 21.9 Å². The van der Waals surface area contributed by atoms with E-state index in [-0.39, 0.29) is 15.5 Å². The minimum absolute atomic E-state index is 0.151. The fourth-order valence-electron chi connectivity index (χ4n) is 8.94. The van der Waals surface area contributed by atoms with Gasteiger partial charge in [-0.2, -0.15) is 0 Å². The minimum atomic E-state index is -2.72. The van der Waals surface area contributed by atoms with E-state index in [0.717, 1.165) is 0 Å². The highest BCUT2D eigenvalue weighted by molar-refractivity contribution is 6.84. The van der Waals surface area contributed by atoms with Gasteiger partial charge in [-0.25, -0.2) is 0 Å². The quantitative estimate of drug-likeness (QED) is 0.119. The molecule has 0 aromatic heterocycles. The first-order chi connectivity index (χ1) is 26.7. The number of fused-ring (bicyclic) bond motifs is 4. The molecule has 1 heterocycles. The summed E-state index contributed by atoms with van der Waals surface area (Å²) in [7, 11) is -7.45. The molecule has 1 saturated heterocycles. The molecule has 9 rings (SSSR count). The van der Waals surface area contributed by atoms with Crippen LogP contribution in [0.5, 0.6) is 0 Å². The van der Waals surface area contributed by atoms with Crippen LogP contribution in [0.15, 0.2) is 170 Å². The molecular weight excluding hydrogens is 741 g/mol. The van der Waals surface area contributed by atoms with E-state index in [9.17, 15) is 0 Å². The van der Waals surface area contributed by atoms with Crippen molar-refractivity contribution < 1.29 is 16.5 Å². The fraction of sp³-hybridized carbons (Fsp3) is 0.149. The lowest BCUT2D eigenvalue weighted by atomic mass is 9.63. The number of hydrogen-bond acceptors (Lipinski definition) is 4. The predicted molar refractivity (Wildman–Crippen MR) is 234 cm³/mol. The van der Waals surface area contributed by atoms with Gasteiger partial charge in [-0.1, -0.05) is 170 Å². The molecule has 0 saturated carbocycles. The zero-order valence-corrected chi connectivity index (χ0v) is 35.6. The van der Waals surface area contributed by atoms with Crippen LogP contribution in [0, 0.1) is 0 Å². The molecule has 0 spiro atoms. The summed E-state index contributed by atoms with van der Waals surface area (Å²) in [5, 5.41) is 9.74. The largest absolute Gasteiger partial charge is 0.416 e. The molecule has 4 nitrogen and oxygen atoms in total. The summed E-state index contributed by atoms with van der Waals surface area (Å²) in [6.07, 6.45) is 0.682. The average molecular weight is 784 g/mol. The third-order valence-corrected chi connectivity index (χ3v) is 22.2. The van der Waals surface area contributed by atoms with Crippen molar-refractivity contribution in [3.05, 3.63) is 192 Å². The van der Waals surface area contributed by atoms with Crippen LogP contribution >= 0.6 is 0 Å². The first kappa shape index (κ1) is 36.2. The molecule has 1 fully saturated rings. The summed E-state index contributed by atoms with van der Waals surface area (Å²) in [6, 6.07) is 62.5. The highest BCUT2D eigenvalue weighted by Gasteiger charge is 2.49. The van der Waals surface area contributed by atoms with Gasteiger partial charge >= 0.3 is 36.4 Å². The van der Waals surface area contributed by atoms with Gasteiger partial charge in [0, 0.05) is 11.0 Å². The van der Waals surface area contributed by atoms with E-state index >= 15 is 0 Å². The second-order valence-corrected chi connectivity index (χ2v) is 25.8. The van der Waals surface area contributed by atoms with Gasteiger partial charge in [-0.15, -0.1) is 0 Å². The Hall–Kier alpha value is -4.49. The SMILES string of the molecule is C[Si]1(C)O[Si]O[Si](C(CC(c2cccc3ccccc23)(c2cccc3ccccc23)c2cccc3ccccc23)c2cccc3ccccc23)O[Si](C)(C)O1. The Morgan fingerprint density at radius 2 is 0.891 bits per heavy atom. The summed E-state index contributed by atoms with van der Waals surface area (Å²) < 4.78 is 27.6. The summed E-state index contributed by atoms with van der Waals surface area (Å²) in [6.45, 7) is 8.49. The van der Waals surface area contributed by atoms with Crippen LogP contribution in [0.1, 0.15) is 34.2 Å². The molecule has 271 valence electrons. The number of rotatable bonds is 7. The van der Waals surface area contributed by atoms with Gasteiger partial charge in [0.15, 0.2) is 0 Å². The van der Waals surface area contributed by atoms with Crippen molar-refractivity contribution in [2.45, 2.75) is 43.6 Å². The molecule has 1 unspecified atom stereocenters. The second-order valence-electron chi connectivity index (χ2n) is 15.4. The smallest absolute Gasteiger partial charge is 0.413 e. The first-order valence-electron chi connectivity index (χ1n) is 19.0. The standard InChI is InChI=1S/C47H43O4Si4/c1-54(2)49-52-48-53(50-55(3,4)51-54)46(42-29-13-21-34-17-5-9-25-38(34)42)33-47(43-30-14-22-35-18-6-10-26-39(35)43,44-31-15-23-36-19-7-11-27-40(36)44)45-32-16-24-37-20-8-12-28-41(37)45/h5-32,46H,33H2,1-4H3. The molecule has 0 amide bonds. The summed E-state index contributed by atoms with van der Waals surface area (Å²) in [4.78, 5) is 0. The minimum Gasteiger partial charge on any atom is -0.416 e. The maximum absolute atomic E-state index is 7.35. The molecule has 55 heavy (non-hydrogen) atoms. The van der Waals surface area contributed by atoms with E-state index in [2.05, 4.69) is 196 Å². The first-order valence-corrected chi connectivity index (χ1v) is 26.9. The molecule has 0 N–H and O–H groups in total. The van der Waals surface area contributed by atoms with Crippen molar-refractivity contribution in [2.24, 2.45) is 0 Å². The summed E-state index contributed by atoms with van der Waals surface area (Å²) in [5.41, 5.74) is 4.18. The lowest BCUT2D eigenvalue weighted by molar-refractivity contribution is 0.263. The van der Waals surface area contributed by atoms with Gasteiger partial charge in [0.05, 0.1) is 0 Å². The highest BCUT2D eigenvalue weighted by Crippen LogP contribution is 2.53. The van der Waals surface area contributed by atoms with Crippen molar-refractivity contribution in [3.63, 3.8) is 0 Å². The topological polar surface area (TPSA) is 36.9 Å². The van der Waals surface area contributed by atoms with Gasteiger partial charge in [-0.3, -0.25) is 0 Å². The third-order valence-electron chi connectivity index (χ3n) is 11.0. The molecular formula is C47H43O4Si4. The van der Waals surface area contributed by atoms with Gasteiger partial charge < -0.3 is 16.5 Å². The van der Waals surface area contributed by atoms with E-state index in [1.54, 1.807) is 0 Å². The fourth-order valence-corrected chi connectivity index (χ4v) is 21.0. The Kier molecular flexibility index (Phi) is 9.56. The Labute approximate surface area is 330 Å². The van der Waals surface area contributed by atoms with Gasteiger partial charge in [0.25, 0.3) is 0 Å². The van der Waals surface area contributed by atoms with Crippen molar-refractivity contribution in [2.75, 3.05) is 0 Å². The van der Waals surface area contributed by atoms with Crippen LogP contribution in [0.3, 0.4) is 0 Å². The van der Waals surface area contributed by atoms with Crippen molar-refractivity contribution in [1.82, 2.24) is 0 Å². The molecule has 1 aliphatic rings. The predicted octanol–water partition coefficient (Wildman–Crippen LogP) is 11.9. The molecule has 8 aromatic rings. The van der Waals surface area contributed by atoms with Crippen LogP contribution in [0.4, 0.5) is 0 Å². The molecule has 0 bridgehead atoms. The highest BCUT2D eigenvalue weighted by atomic mass is 28.5. The van der Waals surface area contributed by atoms with E-state index in [1.807, 2.05) is 0 Å². The molecule has 3 radical (unpaired) electrons. The monoisotopic (exact) mass is 783 g/mol. The van der Waals surface area contributed by atoms with Crippen LogP contribution in [0.2, 0.25) is 26.2 Å². The summed E-state index contributed by atoms with van der Waals surface area (Å²) in [5.74, 6) is 0. The average Bonchev–Trinajstić information content (AvgIpc) is 3.20. The lowest BCUT2D eigenvalue weighted by Gasteiger charge is -2.44. The maximum atomic E-state index is 7.35. The zero-order valence-electron chi connectivity index (χ0n) is 31.6. The number of benzene rings is 8. The van der Waals surface area contributed by atoms with E-state index in [4.69, 9.17) is 16.5 Å². The molecule has 0 aliphatic carbocycles. The second kappa shape index (κ2) is 14.5. The van der Waals surface area contributed by atoms with Crippen LogP contribution in [-0.4, -0.2) is 36.4 Å². The van der Waals surface area contributed by atoms with Gasteiger partial charge in [-0.05, 0) is 98.0 Å². The zero-order chi connectivity index (χ0) is 37.6. The molecule has 8 aromatic carbocycles. The van der Waals surface area contributed by atoms with Gasteiger partial charge in [0.1, 0.15) is 0 Å². The van der Waals surface area contributed by atoms with Crippen molar-refractivity contribution >= 4 is 79.5 Å². The maximum Gasteiger partial charge on any atom is 0.413 e. The van der Waals surface area contributed by atoms with E-state index in [0.29, 0.717) is 6.42 Å². The molecule has 1 atom stereocenters. The Morgan fingerprint density at radius 1 is 0.491 bits per heavy atom. The van der Waals surface area contributed by atoms with Gasteiger partial charge in [0.2, 0.25) is 0 Å². The number of hydrogen-bond donors (Lipinski definition) is 0. The Morgan fingerprint density at radius 3 is 1.38 bits per heavy atom. The lowest BCUT2D eigenvalue weighted by Crippen LogP contribution is -2.56. The molecule has 1 aliphatic heterocycles. The Balaban J connectivity index is 1.42. The van der Waals surface area contributed by atoms with Crippen LogP contribution in [0.25, 0.3) is 43.1 Å². The molecule has 8 heteroatoms. The van der Waals surface area contributed by atoms with E-state index in [1.165, 1.54) is 65.3 Å². The van der Waals surface area contributed by atoms with Crippen LogP contribution < -0.4 is 0 Å². The van der Waals surface area contributed by atoms with Crippen molar-refractivity contribution in [1.29, 1.82) is 0 Å². The Bertz CT molecular complexity index is 2470. The third kappa shape index (κ3) is 6.77. The summed E-state index contributed by atoms with van der Waals surface area (Å²) >= 11 is 0. The normalized spacial score (nSPS) is 16.9.